The normalized spacial score (nSPS) is 23.5. The molecule has 3 rings (SSSR count). The van der Waals surface area contributed by atoms with E-state index in [2.05, 4.69) is 36.4 Å². The van der Waals surface area contributed by atoms with Crippen LogP contribution in [-0.2, 0) is 5.60 Å². The van der Waals surface area contributed by atoms with Crippen LogP contribution in [0.15, 0.2) is 27.3 Å². The van der Waals surface area contributed by atoms with Crippen LogP contribution in [0.5, 0.6) is 0 Å². The SMILES string of the molecule is OC1(c2nc(-c3ccc(Br)cn3)no2)CCCNC1. The summed E-state index contributed by atoms with van der Waals surface area (Å²) in [6, 6.07) is 3.65. The van der Waals surface area contributed by atoms with Gasteiger partial charge in [-0.25, -0.2) is 0 Å². The van der Waals surface area contributed by atoms with Crippen molar-refractivity contribution in [3.05, 3.63) is 28.7 Å². The Labute approximate surface area is 118 Å². The number of piperidine rings is 1. The van der Waals surface area contributed by atoms with Crippen molar-refractivity contribution in [1.82, 2.24) is 20.4 Å². The molecule has 1 aliphatic heterocycles. The largest absolute Gasteiger partial charge is 0.379 e. The Bertz CT molecular complexity index is 563. The first-order valence-electron chi connectivity index (χ1n) is 6.07. The molecule has 0 radical (unpaired) electrons. The molecule has 2 aromatic rings. The summed E-state index contributed by atoms with van der Waals surface area (Å²) in [6.45, 7) is 1.33. The van der Waals surface area contributed by atoms with Crippen LogP contribution in [0.3, 0.4) is 0 Å². The molecule has 6 nitrogen and oxygen atoms in total. The van der Waals surface area contributed by atoms with E-state index in [1.165, 1.54) is 0 Å². The molecule has 1 saturated heterocycles. The molecule has 100 valence electrons. The molecule has 2 N–H and O–H groups in total. The maximum atomic E-state index is 10.5. The Morgan fingerprint density at radius 3 is 3.00 bits per heavy atom. The van der Waals surface area contributed by atoms with Gasteiger partial charge in [-0.15, -0.1) is 0 Å². The maximum absolute atomic E-state index is 10.5. The molecule has 0 spiro atoms. The van der Waals surface area contributed by atoms with Crippen molar-refractivity contribution >= 4 is 15.9 Å². The molecule has 1 atom stereocenters. The van der Waals surface area contributed by atoms with Crippen LogP contribution in [0.4, 0.5) is 0 Å². The number of aliphatic hydroxyl groups is 1. The minimum Gasteiger partial charge on any atom is -0.379 e. The number of nitrogens with zero attached hydrogens (tertiary/aromatic N) is 3. The molecule has 2 aromatic heterocycles. The average molecular weight is 325 g/mol. The molecule has 19 heavy (non-hydrogen) atoms. The number of pyridine rings is 1. The van der Waals surface area contributed by atoms with Crippen LogP contribution in [0, 0.1) is 0 Å². The third-order valence-electron chi connectivity index (χ3n) is 3.14. The van der Waals surface area contributed by atoms with E-state index in [-0.39, 0.29) is 5.89 Å². The number of nitrogens with one attached hydrogen (secondary N) is 1. The van der Waals surface area contributed by atoms with Crippen LogP contribution in [0.25, 0.3) is 11.5 Å². The summed E-state index contributed by atoms with van der Waals surface area (Å²) in [4.78, 5) is 8.46. The van der Waals surface area contributed by atoms with Crippen molar-refractivity contribution in [3.8, 4) is 11.5 Å². The second-order valence-corrected chi connectivity index (χ2v) is 5.51. The van der Waals surface area contributed by atoms with E-state index < -0.39 is 5.60 Å². The molecule has 0 bridgehead atoms. The Morgan fingerprint density at radius 1 is 1.42 bits per heavy atom. The van der Waals surface area contributed by atoms with Gasteiger partial charge in [0.25, 0.3) is 5.89 Å². The predicted octanol–water partition coefficient (Wildman–Crippen LogP) is 1.47. The van der Waals surface area contributed by atoms with Crippen molar-refractivity contribution in [2.45, 2.75) is 18.4 Å². The van der Waals surface area contributed by atoms with Gasteiger partial charge in [0.1, 0.15) is 5.69 Å². The minimum absolute atomic E-state index is 0.249. The number of rotatable bonds is 2. The lowest BCUT2D eigenvalue weighted by atomic mass is 9.94. The maximum Gasteiger partial charge on any atom is 0.260 e. The van der Waals surface area contributed by atoms with E-state index in [1.807, 2.05) is 6.07 Å². The predicted molar refractivity (Wildman–Crippen MR) is 71.2 cm³/mol. The summed E-state index contributed by atoms with van der Waals surface area (Å²) in [7, 11) is 0. The number of halogens is 1. The fourth-order valence-corrected chi connectivity index (χ4v) is 2.33. The van der Waals surface area contributed by atoms with E-state index >= 15 is 0 Å². The molecule has 3 heterocycles. The molecule has 0 saturated carbocycles. The van der Waals surface area contributed by atoms with E-state index in [9.17, 15) is 5.11 Å². The third-order valence-corrected chi connectivity index (χ3v) is 3.61. The van der Waals surface area contributed by atoms with Crippen molar-refractivity contribution < 1.29 is 9.63 Å². The first kappa shape index (κ1) is 12.7. The summed E-state index contributed by atoms with van der Waals surface area (Å²) >= 11 is 3.32. The average Bonchev–Trinajstić information content (AvgIpc) is 2.91. The van der Waals surface area contributed by atoms with Gasteiger partial charge in [0.2, 0.25) is 5.82 Å². The van der Waals surface area contributed by atoms with Crippen LogP contribution >= 0.6 is 15.9 Å². The molecule has 0 aromatic carbocycles. The molecule has 1 fully saturated rings. The topological polar surface area (TPSA) is 84.1 Å². The highest BCUT2D eigenvalue weighted by Crippen LogP contribution is 2.28. The highest BCUT2D eigenvalue weighted by atomic mass is 79.9. The molecule has 1 aliphatic rings. The second kappa shape index (κ2) is 4.99. The zero-order valence-electron chi connectivity index (χ0n) is 10.1. The van der Waals surface area contributed by atoms with Gasteiger partial charge in [0.05, 0.1) is 0 Å². The standard InChI is InChI=1S/C12H13BrN4O2/c13-8-2-3-9(15-6-8)10-16-11(19-17-10)12(18)4-1-5-14-7-12/h2-3,6,14,18H,1,4-5,7H2. The summed E-state index contributed by atoms with van der Waals surface area (Å²) < 4.78 is 6.07. The van der Waals surface area contributed by atoms with Crippen molar-refractivity contribution in [2.24, 2.45) is 0 Å². The van der Waals surface area contributed by atoms with Crippen LogP contribution in [0.1, 0.15) is 18.7 Å². The fourth-order valence-electron chi connectivity index (χ4n) is 2.10. The molecular weight excluding hydrogens is 312 g/mol. The minimum atomic E-state index is -1.07. The highest BCUT2D eigenvalue weighted by Gasteiger charge is 2.37. The smallest absolute Gasteiger partial charge is 0.260 e. The van der Waals surface area contributed by atoms with Crippen molar-refractivity contribution in [2.75, 3.05) is 13.1 Å². The van der Waals surface area contributed by atoms with Gasteiger partial charge in [0.15, 0.2) is 5.60 Å². The lowest BCUT2D eigenvalue weighted by Gasteiger charge is -2.28. The molecular formula is C12H13BrN4O2. The zero-order chi connectivity index (χ0) is 13.3. The molecule has 7 heteroatoms. The van der Waals surface area contributed by atoms with Gasteiger partial charge in [0, 0.05) is 17.2 Å². The number of aromatic nitrogens is 3. The Hall–Kier alpha value is -1.31. The van der Waals surface area contributed by atoms with Gasteiger partial charge in [-0.3, -0.25) is 4.98 Å². The molecule has 0 aliphatic carbocycles. The van der Waals surface area contributed by atoms with Gasteiger partial charge >= 0.3 is 0 Å². The van der Waals surface area contributed by atoms with Crippen molar-refractivity contribution in [1.29, 1.82) is 0 Å². The Morgan fingerprint density at radius 2 is 2.32 bits per heavy atom. The van der Waals surface area contributed by atoms with Gasteiger partial charge in [-0.05, 0) is 47.4 Å². The van der Waals surface area contributed by atoms with E-state index in [0.717, 1.165) is 17.4 Å². The van der Waals surface area contributed by atoms with Crippen LogP contribution < -0.4 is 5.32 Å². The molecule has 0 amide bonds. The van der Waals surface area contributed by atoms with E-state index in [1.54, 1.807) is 12.3 Å². The number of β-amino-alcohol motifs (C(OH)–C–C–N with tert-alkyl or cyclic N) is 1. The first-order valence-corrected chi connectivity index (χ1v) is 6.86. The van der Waals surface area contributed by atoms with Gasteiger partial charge in [-0.2, -0.15) is 4.98 Å². The third kappa shape index (κ3) is 2.54. The summed E-state index contributed by atoms with van der Waals surface area (Å²) in [5.74, 6) is 0.640. The molecule has 1 unspecified atom stereocenters. The number of hydrogen-bond acceptors (Lipinski definition) is 6. The summed E-state index contributed by atoms with van der Waals surface area (Å²) in [6.07, 6.45) is 3.17. The second-order valence-electron chi connectivity index (χ2n) is 4.60. The quantitative estimate of drug-likeness (QED) is 0.870. The van der Waals surface area contributed by atoms with Gasteiger partial charge in [-0.1, -0.05) is 5.16 Å². The van der Waals surface area contributed by atoms with E-state index in [4.69, 9.17) is 4.52 Å². The number of hydrogen-bond donors (Lipinski definition) is 2. The monoisotopic (exact) mass is 324 g/mol. The van der Waals surface area contributed by atoms with Crippen molar-refractivity contribution in [3.63, 3.8) is 0 Å². The highest BCUT2D eigenvalue weighted by molar-refractivity contribution is 9.10. The van der Waals surface area contributed by atoms with Gasteiger partial charge < -0.3 is 14.9 Å². The van der Waals surface area contributed by atoms with Crippen LogP contribution in [-0.4, -0.2) is 33.3 Å². The zero-order valence-corrected chi connectivity index (χ0v) is 11.7. The van der Waals surface area contributed by atoms with E-state index in [0.29, 0.717) is 24.5 Å². The Balaban J connectivity index is 1.88. The summed E-state index contributed by atoms with van der Waals surface area (Å²) in [5.41, 5.74) is -0.454. The Kier molecular flexibility index (Phi) is 3.34. The fraction of sp³-hybridized carbons (Fsp3) is 0.417. The summed E-state index contributed by atoms with van der Waals surface area (Å²) in [5, 5.41) is 17.5. The lowest BCUT2D eigenvalue weighted by molar-refractivity contribution is -0.0167. The first-order chi connectivity index (χ1) is 9.17. The lowest BCUT2D eigenvalue weighted by Crippen LogP contribution is -2.43. The van der Waals surface area contributed by atoms with Crippen LogP contribution in [0.2, 0.25) is 0 Å².